The second-order valence-electron chi connectivity index (χ2n) is 4.72. The van der Waals surface area contributed by atoms with Gasteiger partial charge in [-0.15, -0.1) is 0 Å². The van der Waals surface area contributed by atoms with Crippen molar-refractivity contribution in [2.75, 3.05) is 13.2 Å². The van der Waals surface area contributed by atoms with Crippen molar-refractivity contribution in [3.63, 3.8) is 0 Å². The minimum atomic E-state index is -0.133. The summed E-state index contributed by atoms with van der Waals surface area (Å²) in [6.45, 7) is 11.9. The Morgan fingerprint density at radius 1 is 1.25 bits per heavy atom. The predicted molar refractivity (Wildman–Crippen MR) is 67.3 cm³/mol. The molecule has 0 spiro atoms. The maximum atomic E-state index is 11.6. The van der Waals surface area contributed by atoms with E-state index >= 15 is 0 Å². The van der Waals surface area contributed by atoms with Gasteiger partial charge in [0.15, 0.2) is 0 Å². The fourth-order valence-electron chi connectivity index (χ4n) is 1.40. The fourth-order valence-corrected chi connectivity index (χ4v) is 1.40. The van der Waals surface area contributed by atoms with Crippen molar-refractivity contribution in [3.05, 3.63) is 0 Å². The van der Waals surface area contributed by atoms with Gasteiger partial charge in [-0.2, -0.15) is 0 Å². The highest BCUT2D eigenvalue weighted by Gasteiger charge is 2.19. The van der Waals surface area contributed by atoms with Crippen molar-refractivity contribution >= 4 is 5.97 Å². The molecule has 0 heterocycles. The summed E-state index contributed by atoms with van der Waals surface area (Å²) in [5.74, 6) is 1.10. The van der Waals surface area contributed by atoms with Gasteiger partial charge in [0, 0.05) is 0 Å². The number of hydrogen-bond acceptors (Lipinski definition) is 3. The van der Waals surface area contributed by atoms with Crippen molar-refractivity contribution in [1.29, 1.82) is 0 Å². The number of nitrogens with one attached hydrogen (secondary N) is 1. The lowest BCUT2D eigenvalue weighted by Crippen LogP contribution is -2.40. The highest BCUT2D eigenvalue weighted by atomic mass is 16.5. The van der Waals surface area contributed by atoms with Gasteiger partial charge in [-0.25, -0.2) is 0 Å². The SMILES string of the molecule is CCCC(NCC(C)C(C)C)C(=O)OCC. The molecule has 2 atom stereocenters. The van der Waals surface area contributed by atoms with Gasteiger partial charge in [0.1, 0.15) is 6.04 Å². The van der Waals surface area contributed by atoms with Crippen LogP contribution in [-0.2, 0) is 9.53 Å². The third kappa shape index (κ3) is 6.11. The molecule has 0 fully saturated rings. The molecule has 0 aromatic rings. The van der Waals surface area contributed by atoms with Gasteiger partial charge in [-0.3, -0.25) is 4.79 Å². The van der Waals surface area contributed by atoms with E-state index in [4.69, 9.17) is 4.74 Å². The van der Waals surface area contributed by atoms with E-state index in [1.54, 1.807) is 0 Å². The van der Waals surface area contributed by atoms with Crippen LogP contribution in [-0.4, -0.2) is 25.2 Å². The molecule has 3 heteroatoms. The summed E-state index contributed by atoms with van der Waals surface area (Å²) < 4.78 is 5.05. The predicted octanol–water partition coefficient (Wildman–Crippen LogP) is 2.60. The van der Waals surface area contributed by atoms with Gasteiger partial charge in [-0.05, 0) is 31.7 Å². The highest BCUT2D eigenvalue weighted by molar-refractivity contribution is 5.75. The normalized spacial score (nSPS) is 14.9. The Morgan fingerprint density at radius 3 is 2.31 bits per heavy atom. The Kier molecular flexibility index (Phi) is 8.26. The number of ether oxygens (including phenoxy) is 1. The third-order valence-corrected chi connectivity index (χ3v) is 2.97. The summed E-state index contributed by atoms with van der Waals surface area (Å²) in [5, 5.41) is 3.31. The van der Waals surface area contributed by atoms with Crippen LogP contribution in [0.25, 0.3) is 0 Å². The van der Waals surface area contributed by atoms with E-state index in [-0.39, 0.29) is 12.0 Å². The maximum absolute atomic E-state index is 11.6. The van der Waals surface area contributed by atoms with Gasteiger partial charge in [0.05, 0.1) is 6.61 Å². The number of hydrogen-bond donors (Lipinski definition) is 1. The zero-order chi connectivity index (χ0) is 12.6. The van der Waals surface area contributed by atoms with Crippen LogP contribution in [0.1, 0.15) is 47.5 Å². The quantitative estimate of drug-likeness (QED) is 0.650. The van der Waals surface area contributed by atoms with Crippen molar-refractivity contribution in [1.82, 2.24) is 5.32 Å². The molecule has 0 radical (unpaired) electrons. The van der Waals surface area contributed by atoms with Crippen molar-refractivity contribution in [2.45, 2.75) is 53.5 Å². The molecule has 0 aromatic carbocycles. The Hall–Kier alpha value is -0.570. The summed E-state index contributed by atoms with van der Waals surface area (Å²) in [6.07, 6.45) is 1.84. The summed E-state index contributed by atoms with van der Waals surface area (Å²) in [4.78, 5) is 11.6. The maximum Gasteiger partial charge on any atom is 0.323 e. The molecule has 0 saturated heterocycles. The Balaban J connectivity index is 4.07. The largest absolute Gasteiger partial charge is 0.465 e. The smallest absolute Gasteiger partial charge is 0.323 e. The lowest BCUT2D eigenvalue weighted by molar-refractivity contribution is -0.145. The zero-order valence-electron chi connectivity index (χ0n) is 11.4. The molecule has 0 amide bonds. The minimum Gasteiger partial charge on any atom is -0.465 e. The van der Waals surface area contributed by atoms with Crippen LogP contribution in [0.15, 0.2) is 0 Å². The molecule has 3 nitrogen and oxygen atoms in total. The van der Waals surface area contributed by atoms with E-state index in [0.717, 1.165) is 19.4 Å². The highest BCUT2D eigenvalue weighted by Crippen LogP contribution is 2.09. The standard InChI is InChI=1S/C13H27NO2/c1-6-8-12(13(15)16-7-2)14-9-11(5)10(3)4/h10-12,14H,6-9H2,1-5H3. The van der Waals surface area contributed by atoms with Crippen LogP contribution in [0.4, 0.5) is 0 Å². The molecule has 2 unspecified atom stereocenters. The Bertz CT molecular complexity index is 192. The van der Waals surface area contributed by atoms with E-state index in [2.05, 4.69) is 33.0 Å². The molecule has 1 N–H and O–H groups in total. The number of esters is 1. The molecule has 0 saturated carbocycles. The summed E-state index contributed by atoms with van der Waals surface area (Å²) in [7, 11) is 0. The molecule has 96 valence electrons. The van der Waals surface area contributed by atoms with Gasteiger partial charge in [-0.1, -0.05) is 34.1 Å². The molecular weight excluding hydrogens is 202 g/mol. The third-order valence-electron chi connectivity index (χ3n) is 2.97. The fraction of sp³-hybridized carbons (Fsp3) is 0.923. The van der Waals surface area contributed by atoms with Crippen LogP contribution in [0.3, 0.4) is 0 Å². The molecule has 0 rings (SSSR count). The van der Waals surface area contributed by atoms with Gasteiger partial charge >= 0.3 is 5.97 Å². The second kappa shape index (κ2) is 8.57. The number of carbonyl (C=O) groups is 1. The lowest BCUT2D eigenvalue weighted by Gasteiger charge is -2.21. The van der Waals surface area contributed by atoms with Crippen molar-refractivity contribution < 1.29 is 9.53 Å². The minimum absolute atomic E-state index is 0.111. The van der Waals surface area contributed by atoms with E-state index < -0.39 is 0 Å². The first-order chi connectivity index (χ1) is 7.52. The van der Waals surface area contributed by atoms with Crippen LogP contribution >= 0.6 is 0 Å². The van der Waals surface area contributed by atoms with Crippen molar-refractivity contribution in [3.8, 4) is 0 Å². The Morgan fingerprint density at radius 2 is 1.88 bits per heavy atom. The monoisotopic (exact) mass is 229 g/mol. The molecule has 0 aliphatic rings. The van der Waals surface area contributed by atoms with Crippen LogP contribution in [0.5, 0.6) is 0 Å². The molecule has 0 bridgehead atoms. The molecule has 0 aliphatic heterocycles. The first kappa shape index (κ1) is 15.4. The molecule has 0 aliphatic carbocycles. The molecule has 0 aromatic heterocycles. The van der Waals surface area contributed by atoms with Crippen LogP contribution in [0.2, 0.25) is 0 Å². The van der Waals surface area contributed by atoms with E-state index in [1.807, 2.05) is 6.92 Å². The van der Waals surface area contributed by atoms with Crippen molar-refractivity contribution in [2.24, 2.45) is 11.8 Å². The topological polar surface area (TPSA) is 38.3 Å². The summed E-state index contributed by atoms with van der Waals surface area (Å²) in [5.41, 5.74) is 0. The van der Waals surface area contributed by atoms with Crippen LogP contribution in [0, 0.1) is 11.8 Å². The first-order valence-electron chi connectivity index (χ1n) is 6.42. The van der Waals surface area contributed by atoms with Crippen LogP contribution < -0.4 is 5.32 Å². The van der Waals surface area contributed by atoms with E-state index in [9.17, 15) is 4.79 Å². The number of carbonyl (C=O) groups excluding carboxylic acids is 1. The molecule has 16 heavy (non-hydrogen) atoms. The average Bonchev–Trinajstić information content (AvgIpc) is 2.23. The number of rotatable bonds is 8. The Labute approximate surface area is 99.9 Å². The first-order valence-corrected chi connectivity index (χ1v) is 6.42. The summed E-state index contributed by atoms with van der Waals surface area (Å²) >= 11 is 0. The zero-order valence-corrected chi connectivity index (χ0v) is 11.4. The second-order valence-corrected chi connectivity index (χ2v) is 4.72. The lowest BCUT2D eigenvalue weighted by atomic mass is 9.97. The molecular formula is C13H27NO2. The summed E-state index contributed by atoms with van der Waals surface area (Å²) in [6, 6.07) is -0.133. The van der Waals surface area contributed by atoms with Gasteiger partial charge in [0.25, 0.3) is 0 Å². The van der Waals surface area contributed by atoms with Gasteiger partial charge in [0.2, 0.25) is 0 Å². The average molecular weight is 229 g/mol. The van der Waals surface area contributed by atoms with Gasteiger partial charge < -0.3 is 10.1 Å². The van der Waals surface area contributed by atoms with E-state index in [1.165, 1.54) is 0 Å². The van der Waals surface area contributed by atoms with E-state index in [0.29, 0.717) is 18.4 Å².